The molecule has 2 amide bonds. The molecule has 1 fully saturated rings. The molecule has 1 heterocycles. The Balaban J connectivity index is 1.75. The number of ketones is 1. The lowest BCUT2D eigenvalue weighted by Gasteiger charge is -2.34. The Morgan fingerprint density at radius 1 is 1.04 bits per heavy atom. The summed E-state index contributed by atoms with van der Waals surface area (Å²) in [5, 5.41) is 0. The monoisotopic (exact) mass is 344 g/mol. The van der Waals surface area contributed by atoms with E-state index in [9.17, 15) is 14.4 Å². The number of piperazine rings is 1. The highest BCUT2D eigenvalue weighted by molar-refractivity contribution is 5.98. The Labute approximate surface area is 148 Å². The van der Waals surface area contributed by atoms with Gasteiger partial charge in [0.25, 0.3) is 0 Å². The zero-order valence-electron chi connectivity index (χ0n) is 14.6. The first kappa shape index (κ1) is 18.7. The van der Waals surface area contributed by atoms with Crippen molar-refractivity contribution in [3.8, 4) is 0 Å². The molecule has 1 aromatic rings. The number of hydrogen-bond acceptors (Lipinski definition) is 4. The maximum Gasteiger partial charge on any atom is 0.410 e. The fourth-order valence-corrected chi connectivity index (χ4v) is 2.62. The van der Waals surface area contributed by atoms with Crippen LogP contribution in [0.25, 0.3) is 0 Å². The van der Waals surface area contributed by atoms with Crippen LogP contribution in [0.1, 0.15) is 28.8 Å². The Bertz CT molecular complexity index is 631. The van der Waals surface area contributed by atoms with Crippen molar-refractivity contribution >= 4 is 17.8 Å². The zero-order chi connectivity index (χ0) is 18.2. The van der Waals surface area contributed by atoms with Crippen molar-refractivity contribution in [2.45, 2.75) is 19.8 Å². The van der Waals surface area contributed by atoms with E-state index < -0.39 is 0 Å². The fourth-order valence-electron chi connectivity index (χ4n) is 2.62. The van der Waals surface area contributed by atoms with Gasteiger partial charge in [-0.1, -0.05) is 42.5 Å². The van der Waals surface area contributed by atoms with Gasteiger partial charge in [-0.3, -0.25) is 9.59 Å². The summed E-state index contributed by atoms with van der Waals surface area (Å²) in [4.78, 5) is 39.4. The first-order valence-corrected chi connectivity index (χ1v) is 8.41. The number of benzene rings is 1. The highest BCUT2D eigenvalue weighted by Crippen LogP contribution is 2.11. The predicted molar refractivity (Wildman–Crippen MR) is 94.4 cm³/mol. The smallest absolute Gasteiger partial charge is 0.410 e. The molecule has 6 heteroatoms. The van der Waals surface area contributed by atoms with E-state index >= 15 is 0 Å². The molecule has 0 unspecified atom stereocenters. The van der Waals surface area contributed by atoms with Crippen molar-refractivity contribution in [1.29, 1.82) is 0 Å². The standard InChI is InChI=1S/C19H24N2O4/c1-3-14-25-19(24)21-12-10-20(11-13-21)18(23)9-8-17(22)16-6-4-15(2)5-7-16/h3-7H,1,8-14H2,2H3. The number of nitrogens with zero attached hydrogens (tertiary/aromatic N) is 2. The molecule has 134 valence electrons. The number of carbonyl (C=O) groups is 3. The number of rotatable bonds is 6. The number of hydrogen-bond donors (Lipinski definition) is 0. The molecule has 1 saturated heterocycles. The van der Waals surface area contributed by atoms with E-state index in [4.69, 9.17) is 4.74 Å². The maximum atomic E-state index is 12.3. The van der Waals surface area contributed by atoms with Crippen LogP contribution >= 0.6 is 0 Å². The normalized spacial score (nSPS) is 14.1. The van der Waals surface area contributed by atoms with Crippen LogP contribution in [0.15, 0.2) is 36.9 Å². The van der Waals surface area contributed by atoms with Gasteiger partial charge in [0.05, 0.1) is 0 Å². The van der Waals surface area contributed by atoms with Crippen LogP contribution in [0.4, 0.5) is 4.79 Å². The highest BCUT2D eigenvalue weighted by Gasteiger charge is 2.25. The number of carbonyl (C=O) groups excluding carboxylic acids is 3. The second-order valence-electron chi connectivity index (χ2n) is 6.02. The number of amides is 2. The van der Waals surface area contributed by atoms with Crippen molar-refractivity contribution in [1.82, 2.24) is 9.80 Å². The van der Waals surface area contributed by atoms with E-state index in [1.807, 2.05) is 19.1 Å². The van der Waals surface area contributed by atoms with Gasteiger partial charge < -0.3 is 14.5 Å². The van der Waals surface area contributed by atoms with Gasteiger partial charge in [-0.2, -0.15) is 0 Å². The van der Waals surface area contributed by atoms with Crippen LogP contribution in [-0.2, 0) is 9.53 Å². The third-order valence-electron chi connectivity index (χ3n) is 4.15. The van der Waals surface area contributed by atoms with Gasteiger partial charge in [-0.15, -0.1) is 0 Å². The lowest BCUT2D eigenvalue weighted by Crippen LogP contribution is -2.50. The van der Waals surface area contributed by atoms with E-state index in [1.54, 1.807) is 21.9 Å². The van der Waals surface area contributed by atoms with E-state index in [0.717, 1.165) is 5.56 Å². The number of ether oxygens (including phenoxy) is 1. The molecule has 25 heavy (non-hydrogen) atoms. The van der Waals surface area contributed by atoms with Crippen LogP contribution in [-0.4, -0.2) is 60.4 Å². The molecule has 0 aliphatic carbocycles. The van der Waals surface area contributed by atoms with Crippen molar-refractivity contribution in [3.05, 3.63) is 48.0 Å². The minimum atomic E-state index is -0.387. The SMILES string of the molecule is C=CCOC(=O)N1CCN(C(=O)CCC(=O)c2ccc(C)cc2)CC1. The first-order valence-electron chi connectivity index (χ1n) is 8.41. The van der Waals surface area contributed by atoms with E-state index in [2.05, 4.69) is 6.58 Å². The van der Waals surface area contributed by atoms with Crippen molar-refractivity contribution < 1.29 is 19.1 Å². The van der Waals surface area contributed by atoms with Crippen LogP contribution in [0, 0.1) is 6.92 Å². The third-order valence-corrected chi connectivity index (χ3v) is 4.15. The van der Waals surface area contributed by atoms with E-state index in [1.165, 1.54) is 6.08 Å². The summed E-state index contributed by atoms with van der Waals surface area (Å²) in [6, 6.07) is 7.35. The molecule has 0 N–H and O–H groups in total. The summed E-state index contributed by atoms with van der Waals surface area (Å²) in [7, 11) is 0. The van der Waals surface area contributed by atoms with Gasteiger partial charge in [0.1, 0.15) is 6.61 Å². The minimum absolute atomic E-state index is 0.0278. The fraction of sp³-hybridized carbons (Fsp3) is 0.421. The van der Waals surface area contributed by atoms with Crippen LogP contribution < -0.4 is 0 Å². The summed E-state index contributed by atoms with van der Waals surface area (Å²) in [6.07, 6.45) is 1.52. The molecule has 6 nitrogen and oxygen atoms in total. The van der Waals surface area contributed by atoms with Gasteiger partial charge in [-0.05, 0) is 6.92 Å². The van der Waals surface area contributed by atoms with Crippen LogP contribution in [0.2, 0.25) is 0 Å². The lowest BCUT2D eigenvalue weighted by atomic mass is 10.0. The summed E-state index contributed by atoms with van der Waals surface area (Å²) < 4.78 is 4.98. The molecule has 0 radical (unpaired) electrons. The average Bonchev–Trinajstić information content (AvgIpc) is 2.64. The molecule has 1 aromatic carbocycles. The second kappa shape index (κ2) is 9.01. The largest absolute Gasteiger partial charge is 0.445 e. The topological polar surface area (TPSA) is 66.9 Å². The van der Waals surface area contributed by atoms with Crippen molar-refractivity contribution in [3.63, 3.8) is 0 Å². The minimum Gasteiger partial charge on any atom is -0.445 e. The maximum absolute atomic E-state index is 12.3. The molecule has 1 aliphatic rings. The lowest BCUT2D eigenvalue weighted by molar-refractivity contribution is -0.132. The van der Waals surface area contributed by atoms with Crippen LogP contribution in [0.3, 0.4) is 0 Å². The zero-order valence-corrected chi connectivity index (χ0v) is 14.6. The van der Waals surface area contributed by atoms with Gasteiger partial charge in [0.15, 0.2) is 5.78 Å². The Hall–Kier alpha value is -2.63. The Morgan fingerprint density at radius 3 is 2.24 bits per heavy atom. The summed E-state index contributed by atoms with van der Waals surface area (Å²) >= 11 is 0. The van der Waals surface area contributed by atoms with Crippen molar-refractivity contribution in [2.24, 2.45) is 0 Å². The Morgan fingerprint density at radius 2 is 1.64 bits per heavy atom. The average molecular weight is 344 g/mol. The number of Topliss-reactive ketones (excluding diaryl/α,β-unsaturated/α-hetero) is 1. The molecular formula is C19H24N2O4. The van der Waals surface area contributed by atoms with Gasteiger partial charge in [-0.25, -0.2) is 4.79 Å². The molecule has 0 atom stereocenters. The van der Waals surface area contributed by atoms with Gasteiger partial charge in [0.2, 0.25) is 5.91 Å². The number of aryl methyl sites for hydroxylation is 1. The molecule has 0 aromatic heterocycles. The van der Waals surface area contributed by atoms with Gasteiger partial charge >= 0.3 is 6.09 Å². The molecule has 1 aliphatic heterocycles. The summed E-state index contributed by atoms with van der Waals surface area (Å²) in [6.45, 7) is 7.43. The van der Waals surface area contributed by atoms with Gasteiger partial charge in [0, 0.05) is 44.6 Å². The summed E-state index contributed by atoms with van der Waals surface area (Å²) in [5.41, 5.74) is 1.73. The third kappa shape index (κ3) is 5.45. The first-order chi connectivity index (χ1) is 12.0. The molecule has 0 saturated carbocycles. The molecule has 2 rings (SSSR count). The summed E-state index contributed by atoms with van der Waals surface area (Å²) in [5.74, 6) is -0.0837. The highest BCUT2D eigenvalue weighted by atomic mass is 16.6. The molecular weight excluding hydrogens is 320 g/mol. The van der Waals surface area contributed by atoms with Crippen LogP contribution in [0.5, 0.6) is 0 Å². The molecule has 0 bridgehead atoms. The quantitative estimate of drug-likeness (QED) is 0.587. The van der Waals surface area contributed by atoms with E-state index in [0.29, 0.717) is 31.7 Å². The molecule has 0 spiro atoms. The predicted octanol–water partition coefficient (Wildman–Crippen LogP) is 2.42. The van der Waals surface area contributed by atoms with E-state index in [-0.39, 0.29) is 37.2 Å². The van der Waals surface area contributed by atoms with Crippen molar-refractivity contribution in [2.75, 3.05) is 32.8 Å². The Kier molecular flexibility index (Phi) is 6.74. The second-order valence-corrected chi connectivity index (χ2v) is 6.02.